The van der Waals surface area contributed by atoms with Crippen molar-refractivity contribution in [3.8, 4) is 0 Å². The van der Waals surface area contributed by atoms with Gasteiger partial charge in [-0.05, 0) is 55.3 Å². The van der Waals surface area contributed by atoms with Gasteiger partial charge in [0.15, 0.2) is 0 Å². The highest BCUT2D eigenvalue weighted by atomic mass is 35.5. The Hall–Kier alpha value is -1.06. The Morgan fingerprint density at radius 3 is 2.86 bits per heavy atom. The van der Waals surface area contributed by atoms with Gasteiger partial charge < -0.3 is 10.2 Å². The third kappa shape index (κ3) is 3.82. The van der Waals surface area contributed by atoms with Gasteiger partial charge in [0.1, 0.15) is 0 Å². The second-order valence-electron chi connectivity index (χ2n) is 6.37. The molecule has 3 nitrogen and oxygen atoms in total. The van der Waals surface area contributed by atoms with Crippen molar-refractivity contribution < 1.29 is 4.79 Å². The molecular weight excluding hydrogens is 296 g/mol. The molecule has 0 bridgehead atoms. The lowest BCUT2D eigenvalue weighted by molar-refractivity contribution is -0.132. The highest BCUT2D eigenvalue weighted by molar-refractivity contribution is 5.85. The van der Waals surface area contributed by atoms with Crippen LogP contribution in [0.1, 0.15) is 42.9 Å². The van der Waals surface area contributed by atoms with Crippen molar-refractivity contribution in [1.82, 2.24) is 10.2 Å². The minimum atomic E-state index is 0. The minimum absolute atomic E-state index is 0. The van der Waals surface area contributed by atoms with Crippen molar-refractivity contribution in [3.63, 3.8) is 0 Å². The van der Waals surface area contributed by atoms with E-state index in [0.717, 1.165) is 32.5 Å². The summed E-state index contributed by atoms with van der Waals surface area (Å²) in [5.74, 6) is 0.295. The average molecular weight is 323 g/mol. The lowest BCUT2D eigenvalue weighted by Gasteiger charge is -2.28. The van der Waals surface area contributed by atoms with Crippen LogP contribution in [-0.4, -0.2) is 36.5 Å². The molecule has 0 radical (unpaired) electrons. The van der Waals surface area contributed by atoms with Crippen molar-refractivity contribution in [1.29, 1.82) is 0 Å². The largest absolute Gasteiger partial charge is 0.338 e. The summed E-state index contributed by atoms with van der Waals surface area (Å²) in [7, 11) is 0. The zero-order valence-electron chi connectivity index (χ0n) is 13.4. The first kappa shape index (κ1) is 17.3. The van der Waals surface area contributed by atoms with Crippen molar-refractivity contribution >= 4 is 18.3 Å². The fraction of sp³-hybridized carbons (Fsp3) is 0.611. The fourth-order valence-corrected chi connectivity index (χ4v) is 3.67. The van der Waals surface area contributed by atoms with Gasteiger partial charge in [-0.2, -0.15) is 0 Å². The normalized spacial score (nSPS) is 19.6. The summed E-state index contributed by atoms with van der Waals surface area (Å²) in [5, 5.41) is 3.37. The number of halogens is 1. The molecule has 1 aromatic carbocycles. The molecule has 1 aliphatic carbocycles. The van der Waals surface area contributed by atoms with Gasteiger partial charge in [0.2, 0.25) is 5.91 Å². The number of fused-ring (bicyclic) bond motifs is 1. The number of amides is 1. The van der Waals surface area contributed by atoms with E-state index >= 15 is 0 Å². The van der Waals surface area contributed by atoms with Crippen LogP contribution in [0.4, 0.5) is 0 Å². The standard InChI is InChI=1S/C18H26N2O.ClH/c1-2-10-20(17-8-9-19-13-17)18(21)12-14-6-7-15-4-3-5-16(15)11-14;/h6-7,11,17,19H,2-5,8-10,12-13H2,1H3;1H. The fourth-order valence-electron chi connectivity index (χ4n) is 3.67. The highest BCUT2D eigenvalue weighted by Gasteiger charge is 2.25. The van der Waals surface area contributed by atoms with Gasteiger partial charge in [-0.3, -0.25) is 4.79 Å². The number of carbonyl (C=O) groups is 1. The minimum Gasteiger partial charge on any atom is -0.338 e. The van der Waals surface area contributed by atoms with Gasteiger partial charge in [0.25, 0.3) is 0 Å². The first-order chi connectivity index (χ1) is 10.3. The second kappa shape index (κ2) is 7.98. The molecule has 3 rings (SSSR count). The van der Waals surface area contributed by atoms with Gasteiger partial charge in [-0.15, -0.1) is 12.4 Å². The number of benzene rings is 1. The number of rotatable bonds is 5. The van der Waals surface area contributed by atoms with Crippen LogP contribution >= 0.6 is 12.4 Å². The smallest absolute Gasteiger partial charge is 0.227 e. The van der Waals surface area contributed by atoms with Crippen molar-refractivity contribution in [2.45, 2.75) is 51.5 Å². The molecule has 0 saturated carbocycles. The van der Waals surface area contributed by atoms with Gasteiger partial charge in [0, 0.05) is 19.1 Å². The summed E-state index contributed by atoms with van der Waals surface area (Å²) in [5.41, 5.74) is 4.13. The Morgan fingerprint density at radius 2 is 2.14 bits per heavy atom. The number of hydrogen-bond acceptors (Lipinski definition) is 2. The molecular formula is C18H27ClN2O. The molecule has 0 aromatic heterocycles. The molecule has 1 unspecified atom stereocenters. The predicted octanol–water partition coefficient (Wildman–Crippen LogP) is 2.74. The molecule has 1 fully saturated rings. The summed E-state index contributed by atoms with van der Waals surface area (Å²) in [4.78, 5) is 14.8. The molecule has 4 heteroatoms. The maximum absolute atomic E-state index is 12.7. The molecule has 1 saturated heterocycles. The Kier molecular flexibility index (Phi) is 6.27. The van der Waals surface area contributed by atoms with Gasteiger partial charge >= 0.3 is 0 Å². The topological polar surface area (TPSA) is 32.3 Å². The van der Waals surface area contributed by atoms with E-state index in [1.807, 2.05) is 0 Å². The zero-order chi connectivity index (χ0) is 14.7. The Balaban J connectivity index is 0.00000176. The first-order valence-electron chi connectivity index (χ1n) is 8.39. The Labute approximate surface area is 139 Å². The highest BCUT2D eigenvalue weighted by Crippen LogP contribution is 2.23. The molecule has 22 heavy (non-hydrogen) atoms. The monoisotopic (exact) mass is 322 g/mol. The van der Waals surface area contributed by atoms with Crippen LogP contribution in [0.2, 0.25) is 0 Å². The lowest BCUT2D eigenvalue weighted by atomic mass is 10.0. The van der Waals surface area contributed by atoms with Crippen LogP contribution in [0.3, 0.4) is 0 Å². The molecule has 2 aliphatic rings. The van der Waals surface area contributed by atoms with Crippen molar-refractivity contribution in [2.75, 3.05) is 19.6 Å². The molecule has 1 N–H and O–H groups in total. The third-order valence-corrected chi connectivity index (χ3v) is 4.78. The van der Waals surface area contributed by atoms with Gasteiger partial charge in [0.05, 0.1) is 6.42 Å². The van der Waals surface area contributed by atoms with E-state index in [4.69, 9.17) is 0 Å². The van der Waals surface area contributed by atoms with Crippen LogP contribution in [-0.2, 0) is 24.1 Å². The molecule has 122 valence electrons. The maximum Gasteiger partial charge on any atom is 0.227 e. The number of hydrogen-bond donors (Lipinski definition) is 1. The van der Waals surface area contributed by atoms with Crippen molar-refractivity contribution in [2.24, 2.45) is 0 Å². The molecule has 0 spiro atoms. The molecule has 1 atom stereocenters. The summed E-state index contributed by atoms with van der Waals surface area (Å²) in [6.07, 6.45) is 6.34. The number of carbonyl (C=O) groups excluding carboxylic acids is 1. The third-order valence-electron chi connectivity index (χ3n) is 4.78. The molecule has 1 amide bonds. The van der Waals surface area contributed by atoms with E-state index in [-0.39, 0.29) is 12.4 Å². The lowest BCUT2D eigenvalue weighted by Crippen LogP contribution is -2.42. The average Bonchev–Trinajstić information content (AvgIpc) is 3.15. The van der Waals surface area contributed by atoms with Crippen LogP contribution in [0, 0.1) is 0 Å². The summed E-state index contributed by atoms with van der Waals surface area (Å²) in [6.45, 7) is 5.03. The number of nitrogens with zero attached hydrogens (tertiary/aromatic N) is 1. The predicted molar refractivity (Wildman–Crippen MR) is 92.7 cm³/mol. The second-order valence-corrected chi connectivity index (χ2v) is 6.37. The molecule has 1 heterocycles. The molecule has 1 aliphatic heterocycles. The maximum atomic E-state index is 12.7. The first-order valence-corrected chi connectivity index (χ1v) is 8.39. The van der Waals surface area contributed by atoms with Gasteiger partial charge in [-0.25, -0.2) is 0 Å². The number of nitrogens with one attached hydrogen (secondary N) is 1. The molecule has 1 aromatic rings. The van der Waals surface area contributed by atoms with Crippen LogP contribution in [0.5, 0.6) is 0 Å². The van der Waals surface area contributed by atoms with E-state index in [1.165, 1.54) is 36.0 Å². The SMILES string of the molecule is CCCN(C(=O)Cc1ccc2c(c1)CCC2)C1CCNC1.Cl. The van der Waals surface area contributed by atoms with Crippen molar-refractivity contribution in [3.05, 3.63) is 34.9 Å². The van der Waals surface area contributed by atoms with Crippen LogP contribution in [0.15, 0.2) is 18.2 Å². The van der Waals surface area contributed by atoms with E-state index in [2.05, 4.69) is 35.3 Å². The van der Waals surface area contributed by atoms with Gasteiger partial charge in [-0.1, -0.05) is 25.1 Å². The quantitative estimate of drug-likeness (QED) is 0.904. The van der Waals surface area contributed by atoms with E-state index < -0.39 is 0 Å². The van der Waals surface area contributed by atoms with E-state index in [1.54, 1.807) is 0 Å². The summed E-state index contributed by atoms with van der Waals surface area (Å²) < 4.78 is 0. The van der Waals surface area contributed by atoms with Crippen LogP contribution in [0.25, 0.3) is 0 Å². The van der Waals surface area contributed by atoms with Crippen LogP contribution < -0.4 is 5.32 Å². The Bertz CT molecular complexity index is 512. The van der Waals surface area contributed by atoms with E-state index in [0.29, 0.717) is 18.4 Å². The summed E-state index contributed by atoms with van der Waals surface area (Å²) in [6, 6.07) is 7.04. The van der Waals surface area contributed by atoms with E-state index in [9.17, 15) is 4.79 Å². The number of aryl methyl sites for hydroxylation is 2. The zero-order valence-corrected chi connectivity index (χ0v) is 14.3. The summed E-state index contributed by atoms with van der Waals surface area (Å²) >= 11 is 0. The Morgan fingerprint density at radius 1 is 1.32 bits per heavy atom.